The first kappa shape index (κ1) is 76.3. The summed E-state index contributed by atoms with van der Waals surface area (Å²) in [7, 11) is 0. The second-order valence-corrected chi connectivity index (χ2v) is 21.6. The Labute approximate surface area is 499 Å². The molecule has 0 aromatic heterocycles. The molecule has 0 aliphatic carbocycles. The first-order valence-electron chi connectivity index (χ1n) is 33.3. The largest absolute Gasteiger partial charge is 0.462 e. The van der Waals surface area contributed by atoms with Gasteiger partial charge in [-0.1, -0.05) is 276 Å². The van der Waals surface area contributed by atoms with Crippen LogP contribution in [0.25, 0.3) is 0 Å². The highest BCUT2D eigenvalue weighted by Gasteiger charge is 2.19. The van der Waals surface area contributed by atoms with Crippen molar-refractivity contribution in [3.8, 4) is 0 Å². The quantitative estimate of drug-likeness (QED) is 0.0261. The van der Waals surface area contributed by atoms with Crippen LogP contribution in [0.1, 0.15) is 290 Å². The zero-order chi connectivity index (χ0) is 58.5. The number of unbranched alkanes of at least 4 members (excludes halogenated alkanes) is 24. The Morgan fingerprint density at radius 1 is 0.259 bits per heavy atom. The van der Waals surface area contributed by atoms with Crippen molar-refractivity contribution in [2.24, 2.45) is 0 Å². The summed E-state index contributed by atoms with van der Waals surface area (Å²) in [6.45, 7) is 6.37. The Hall–Kier alpha value is -4.71. The molecule has 0 aliphatic rings. The minimum absolute atomic E-state index is 0.0998. The van der Waals surface area contributed by atoms with Gasteiger partial charge in [0.25, 0.3) is 0 Å². The molecule has 0 saturated carbocycles. The Kier molecular flexibility index (Phi) is 63.9. The molecule has 0 aliphatic heterocycles. The number of esters is 3. The van der Waals surface area contributed by atoms with Gasteiger partial charge in [-0.3, -0.25) is 14.4 Å². The van der Waals surface area contributed by atoms with Crippen molar-refractivity contribution in [3.63, 3.8) is 0 Å². The lowest BCUT2D eigenvalue weighted by Gasteiger charge is -2.18. The molecule has 0 radical (unpaired) electrons. The van der Waals surface area contributed by atoms with E-state index in [2.05, 4.69) is 167 Å². The second-order valence-electron chi connectivity index (χ2n) is 21.6. The average molecular weight is 1120 g/mol. The highest BCUT2D eigenvalue weighted by molar-refractivity contribution is 5.71. The van der Waals surface area contributed by atoms with E-state index in [4.69, 9.17) is 14.2 Å². The molecule has 0 fully saturated rings. The van der Waals surface area contributed by atoms with Gasteiger partial charge in [0.2, 0.25) is 0 Å². The molecule has 1 atom stereocenters. The Morgan fingerprint density at radius 3 is 0.765 bits per heavy atom. The molecule has 6 nitrogen and oxygen atoms in total. The zero-order valence-corrected chi connectivity index (χ0v) is 52.5. The number of hydrogen-bond acceptors (Lipinski definition) is 6. The van der Waals surface area contributed by atoms with Crippen LogP contribution in [0, 0.1) is 0 Å². The van der Waals surface area contributed by atoms with Crippen LogP contribution in [-0.4, -0.2) is 37.2 Å². The standard InChI is InChI=1S/C75H122O6/c1-4-7-10-13-16-19-22-25-27-29-31-33-35-36-37-38-40-41-43-45-47-50-53-56-59-62-65-68-74(77)80-71-72(70-79-73(76)67-64-61-58-55-52-49-24-21-18-15-12-9-6-3)81-75(78)69-66-63-60-57-54-51-48-46-44-42-39-34-32-30-28-26-23-20-17-14-11-8-5-2/h7,9-10,12,16,18-19,21,23,25-27,30-33,36-37,39-42,49,52,72H,4-6,8,11,13-15,17,20,22,24,28-29,34-35,38,43-48,50-51,53-71H2,1-3H3/b10-7-,12-9-,19-16-,21-18-,26-23-,27-25-,32-30-,33-31-,37-36-,41-40-,42-39-,52-49-. The third-order valence-corrected chi connectivity index (χ3v) is 13.8. The van der Waals surface area contributed by atoms with Gasteiger partial charge in [-0.2, -0.15) is 0 Å². The van der Waals surface area contributed by atoms with Crippen LogP contribution in [-0.2, 0) is 28.6 Å². The fourth-order valence-electron chi connectivity index (χ4n) is 8.88. The summed E-state index contributed by atoms with van der Waals surface area (Å²) >= 11 is 0. The van der Waals surface area contributed by atoms with Gasteiger partial charge in [-0.15, -0.1) is 0 Å². The predicted octanol–water partition coefficient (Wildman–Crippen LogP) is 23.1. The third-order valence-electron chi connectivity index (χ3n) is 13.8. The summed E-state index contributed by atoms with van der Waals surface area (Å²) < 4.78 is 16.9. The molecule has 0 rings (SSSR count). The van der Waals surface area contributed by atoms with E-state index >= 15 is 0 Å². The van der Waals surface area contributed by atoms with Gasteiger partial charge in [0, 0.05) is 19.3 Å². The third kappa shape index (κ3) is 66.0. The van der Waals surface area contributed by atoms with E-state index in [0.717, 1.165) is 148 Å². The summed E-state index contributed by atoms with van der Waals surface area (Å²) in [5.41, 5.74) is 0. The van der Waals surface area contributed by atoms with Gasteiger partial charge in [-0.05, 0) is 141 Å². The number of allylic oxidation sites excluding steroid dienone is 24. The Bertz CT molecular complexity index is 1760. The molecule has 1 unspecified atom stereocenters. The highest BCUT2D eigenvalue weighted by Crippen LogP contribution is 2.15. The first-order chi connectivity index (χ1) is 40.0. The van der Waals surface area contributed by atoms with Gasteiger partial charge in [-0.25, -0.2) is 0 Å². The van der Waals surface area contributed by atoms with Crippen LogP contribution >= 0.6 is 0 Å². The molecular weight excluding hydrogens is 997 g/mol. The molecule has 0 spiro atoms. The van der Waals surface area contributed by atoms with E-state index in [1.54, 1.807) is 0 Å². The van der Waals surface area contributed by atoms with Crippen molar-refractivity contribution in [3.05, 3.63) is 146 Å². The van der Waals surface area contributed by atoms with Crippen LogP contribution in [0.4, 0.5) is 0 Å². The first-order valence-corrected chi connectivity index (χ1v) is 33.3. The molecule has 0 bridgehead atoms. The topological polar surface area (TPSA) is 78.9 Å². The molecular formula is C75H122O6. The molecule has 0 aromatic carbocycles. The highest BCUT2D eigenvalue weighted by atomic mass is 16.6. The van der Waals surface area contributed by atoms with Crippen molar-refractivity contribution in [1.29, 1.82) is 0 Å². The number of hydrogen-bond donors (Lipinski definition) is 0. The number of carbonyl (C=O) groups excluding carboxylic acids is 3. The van der Waals surface area contributed by atoms with Crippen LogP contribution in [0.5, 0.6) is 0 Å². The molecule has 6 heteroatoms. The SMILES string of the molecule is CC/C=C\C/C=C\C/C=C\C/C=C\C/C=C\C/C=C\CCCCCCCCCCC(=O)OCC(COC(=O)CCCCC/C=C\C/C=C\C/C=C\CC)OC(=O)CCCCCCCCCC/C=C\C/C=C\C/C=C\CCCCCCC. The maximum absolute atomic E-state index is 12.9. The molecule has 0 saturated heterocycles. The summed E-state index contributed by atoms with van der Waals surface area (Å²) in [4.78, 5) is 38.4. The van der Waals surface area contributed by atoms with Gasteiger partial charge in [0.15, 0.2) is 6.10 Å². The van der Waals surface area contributed by atoms with Gasteiger partial charge in [0.1, 0.15) is 13.2 Å². The van der Waals surface area contributed by atoms with Gasteiger partial charge in [0.05, 0.1) is 0 Å². The van der Waals surface area contributed by atoms with Crippen molar-refractivity contribution >= 4 is 17.9 Å². The van der Waals surface area contributed by atoms with E-state index in [1.165, 1.54) is 103 Å². The Morgan fingerprint density at radius 2 is 0.481 bits per heavy atom. The minimum Gasteiger partial charge on any atom is -0.462 e. The Balaban J connectivity index is 4.39. The van der Waals surface area contributed by atoms with Crippen molar-refractivity contribution in [1.82, 2.24) is 0 Å². The number of rotatable bonds is 59. The van der Waals surface area contributed by atoms with Crippen LogP contribution in [0.2, 0.25) is 0 Å². The lowest BCUT2D eigenvalue weighted by molar-refractivity contribution is -0.167. The van der Waals surface area contributed by atoms with Crippen molar-refractivity contribution in [2.75, 3.05) is 13.2 Å². The average Bonchev–Trinajstić information content (AvgIpc) is 3.46. The molecule has 0 heterocycles. The molecule has 458 valence electrons. The van der Waals surface area contributed by atoms with Crippen LogP contribution < -0.4 is 0 Å². The van der Waals surface area contributed by atoms with Crippen LogP contribution in [0.15, 0.2) is 146 Å². The second kappa shape index (κ2) is 67.8. The zero-order valence-electron chi connectivity index (χ0n) is 52.5. The summed E-state index contributed by atoms with van der Waals surface area (Å²) in [6.07, 6.45) is 97.1. The summed E-state index contributed by atoms with van der Waals surface area (Å²) in [6, 6.07) is 0. The molecule has 0 N–H and O–H groups in total. The number of carbonyl (C=O) groups is 3. The van der Waals surface area contributed by atoms with E-state index in [1.807, 2.05) is 0 Å². The molecule has 0 amide bonds. The lowest BCUT2D eigenvalue weighted by Crippen LogP contribution is -2.30. The van der Waals surface area contributed by atoms with Gasteiger partial charge >= 0.3 is 17.9 Å². The van der Waals surface area contributed by atoms with Crippen molar-refractivity contribution < 1.29 is 28.6 Å². The van der Waals surface area contributed by atoms with E-state index in [-0.39, 0.29) is 31.1 Å². The summed E-state index contributed by atoms with van der Waals surface area (Å²) in [5.74, 6) is -0.943. The monoisotopic (exact) mass is 1120 g/mol. The van der Waals surface area contributed by atoms with E-state index < -0.39 is 6.10 Å². The lowest BCUT2D eigenvalue weighted by atomic mass is 10.1. The van der Waals surface area contributed by atoms with Crippen molar-refractivity contribution in [2.45, 2.75) is 297 Å². The van der Waals surface area contributed by atoms with Crippen LogP contribution in [0.3, 0.4) is 0 Å². The minimum atomic E-state index is -0.806. The maximum atomic E-state index is 12.9. The molecule has 0 aromatic rings. The predicted molar refractivity (Wildman–Crippen MR) is 352 cm³/mol. The van der Waals surface area contributed by atoms with E-state index in [0.29, 0.717) is 19.3 Å². The summed E-state index contributed by atoms with van der Waals surface area (Å²) in [5, 5.41) is 0. The fraction of sp³-hybridized carbons (Fsp3) is 0.640. The molecule has 81 heavy (non-hydrogen) atoms. The van der Waals surface area contributed by atoms with E-state index in [9.17, 15) is 14.4 Å². The number of ether oxygens (including phenoxy) is 3. The smallest absolute Gasteiger partial charge is 0.306 e. The maximum Gasteiger partial charge on any atom is 0.306 e. The fourth-order valence-corrected chi connectivity index (χ4v) is 8.88. The normalized spacial score (nSPS) is 13.1. The van der Waals surface area contributed by atoms with Gasteiger partial charge < -0.3 is 14.2 Å².